The Balaban J connectivity index is 3.79. The molecule has 0 rings (SSSR count). The number of sulfone groups is 1. The van der Waals surface area contributed by atoms with Crippen LogP contribution in [0.4, 0.5) is 3.89 Å². The van der Waals surface area contributed by atoms with Gasteiger partial charge in [-0.3, -0.25) is 0 Å². The maximum Gasteiger partial charge on any atom is 0.302 e. The Morgan fingerprint density at radius 3 is 1.82 bits per heavy atom. The van der Waals surface area contributed by atoms with E-state index in [2.05, 4.69) is 0 Å². The van der Waals surface area contributed by atoms with E-state index in [1.807, 2.05) is 0 Å². The van der Waals surface area contributed by atoms with Gasteiger partial charge in [-0.05, 0) is 6.42 Å². The van der Waals surface area contributed by atoms with Crippen LogP contribution < -0.4 is 0 Å². The molecule has 4 nitrogen and oxygen atoms in total. The third-order valence-corrected chi connectivity index (χ3v) is 2.71. The van der Waals surface area contributed by atoms with Crippen LogP contribution in [0.5, 0.6) is 0 Å². The molecule has 0 radical (unpaired) electrons. The highest BCUT2D eigenvalue weighted by molar-refractivity contribution is 7.90. The largest absolute Gasteiger partial charge is 0.302 e. The molecule has 0 aromatic heterocycles. The monoisotopic (exact) mass is 204 g/mol. The first-order valence-electron chi connectivity index (χ1n) is 2.81. The third kappa shape index (κ3) is 9.83. The first-order chi connectivity index (χ1) is 4.71. The summed E-state index contributed by atoms with van der Waals surface area (Å²) in [7, 11) is -7.69. The number of hydrogen-bond acceptors (Lipinski definition) is 4. The minimum Gasteiger partial charge on any atom is -0.229 e. The van der Waals surface area contributed by atoms with E-state index < -0.39 is 25.8 Å². The molecule has 0 heterocycles. The molecule has 0 amide bonds. The fraction of sp³-hybridized carbons (Fsp3) is 1.00. The molecule has 0 N–H and O–H groups in total. The lowest BCUT2D eigenvalue weighted by atomic mass is 10.6. The molecule has 0 aliphatic heterocycles. The molecule has 0 saturated heterocycles. The van der Waals surface area contributed by atoms with Crippen molar-refractivity contribution in [1.82, 2.24) is 0 Å². The summed E-state index contributed by atoms with van der Waals surface area (Å²) in [4.78, 5) is 0. The summed E-state index contributed by atoms with van der Waals surface area (Å²) in [5.74, 6) is -1.02. The van der Waals surface area contributed by atoms with E-state index >= 15 is 0 Å². The van der Waals surface area contributed by atoms with Crippen LogP contribution in [0.1, 0.15) is 6.42 Å². The Bertz CT molecular complexity index is 269. The van der Waals surface area contributed by atoms with E-state index in [0.717, 1.165) is 6.26 Å². The second-order valence-corrected chi connectivity index (χ2v) is 5.97. The maximum absolute atomic E-state index is 11.7. The molecular formula is C4H9FO4S2. The minimum absolute atomic E-state index is 0.183. The minimum atomic E-state index is -4.51. The molecule has 0 bridgehead atoms. The quantitative estimate of drug-likeness (QED) is 0.591. The molecule has 0 atom stereocenters. The van der Waals surface area contributed by atoms with Crippen LogP contribution in [0, 0.1) is 0 Å². The summed E-state index contributed by atoms with van der Waals surface area (Å²) in [6, 6.07) is 0. The highest BCUT2D eigenvalue weighted by atomic mass is 32.3. The molecule has 0 unspecified atom stereocenters. The zero-order valence-corrected chi connectivity index (χ0v) is 7.58. The highest BCUT2D eigenvalue weighted by Gasteiger charge is 2.09. The predicted molar refractivity (Wildman–Crippen MR) is 39.2 cm³/mol. The van der Waals surface area contributed by atoms with Gasteiger partial charge < -0.3 is 0 Å². The maximum atomic E-state index is 11.7. The Labute approximate surface area is 65.5 Å². The first-order valence-corrected chi connectivity index (χ1v) is 6.42. The van der Waals surface area contributed by atoms with Crippen LogP contribution >= 0.6 is 0 Å². The molecule has 0 aromatic rings. The fourth-order valence-electron chi connectivity index (χ4n) is 0.494. The molecule has 0 aliphatic carbocycles. The molecule has 0 spiro atoms. The van der Waals surface area contributed by atoms with Crippen molar-refractivity contribution in [2.75, 3.05) is 17.8 Å². The lowest BCUT2D eigenvalue weighted by Gasteiger charge is -1.93. The van der Waals surface area contributed by atoms with Crippen LogP contribution in [0.2, 0.25) is 0 Å². The molecule has 11 heavy (non-hydrogen) atoms. The van der Waals surface area contributed by atoms with Crippen LogP contribution in [0.3, 0.4) is 0 Å². The van der Waals surface area contributed by atoms with Crippen LogP contribution in [-0.2, 0) is 20.1 Å². The van der Waals surface area contributed by atoms with E-state index in [0.29, 0.717) is 0 Å². The molecule has 0 aromatic carbocycles. The first kappa shape index (κ1) is 10.8. The average Bonchev–Trinajstić information content (AvgIpc) is 1.55. The van der Waals surface area contributed by atoms with Crippen LogP contribution in [-0.4, -0.2) is 34.6 Å². The van der Waals surface area contributed by atoms with Gasteiger partial charge >= 0.3 is 10.2 Å². The molecule has 0 aliphatic rings. The van der Waals surface area contributed by atoms with E-state index in [4.69, 9.17) is 0 Å². The normalized spacial score (nSPS) is 13.3. The van der Waals surface area contributed by atoms with Gasteiger partial charge in [0.15, 0.2) is 0 Å². The average molecular weight is 204 g/mol. The second-order valence-electron chi connectivity index (χ2n) is 2.23. The molecule has 68 valence electrons. The van der Waals surface area contributed by atoms with Gasteiger partial charge in [0.05, 0.1) is 11.5 Å². The smallest absolute Gasteiger partial charge is 0.229 e. The van der Waals surface area contributed by atoms with Gasteiger partial charge in [-0.25, -0.2) is 8.42 Å². The predicted octanol–water partition coefficient (Wildman–Crippen LogP) is -0.280. The lowest BCUT2D eigenvalue weighted by molar-refractivity contribution is 0.550. The van der Waals surface area contributed by atoms with E-state index in [1.54, 1.807) is 0 Å². The summed E-state index contributed by atoms with van der Waals surface area (Å²) >= 11 is 0. The zero-order valence-electron chi connectivity index (χ0n) is 5.95. The lowest BCUT2D eigenvalue weighted by Crippen LogP contribution is -2.08. The molecule has 0 saturated carbocycles. The summed E-state index contributed by atoms with van der Waals surface area (Å²) in [5, 5.41) is 0. The number of hydrogen-bond donors (Lipinski definition) is 0. The third-order valence-electron chi connectivity index (χ3n) is 0.903. The molecule has 7 heteroatoms. The van der Waals surface area contributed by atoms with Crippen molar-refractivity contribution in [1.29, 1.82) is 0 Å². The second kappa shape index (κ2) is 3.48. The van der Waals surface area contributed by atoms with Gasteiger partial charge in [-0.1, -0.05) is 0 Å². The van der Waals surface area contributed by atoms with Crippen molar-refractivity contribution >= 4 is 20.1 Å². The van der Waals surface area contributed by atoms with Gasteiger partial charge in [0.1, 0.15) is 9.84 Å². The van der Waals surface area contributed by atoms with Crippen molar-refractivity contribution in [3.8, 4) is 0 Å². The summed E-state index contributed by atoms with van der Waals surface area (Å²) < 4.78 is 52.3. The van der Waals surface area contributed by atoms with Crippen LogP contribution in [0.25, 0.3) is 0 Å². The number of rotatable bonds is 4. The summed E-state index contributed by atoms with van der Waals surface area (Å²) in [5.41, 5.74) is 0. The molecular weight excluding hydrogens is 195 g/mol. The summed E-state index contributed by atoms with van der Waals surface area (Å²) in [6.45, 7) is 0. The van der Waals surface area contributed by atoms with Crippen molar-refractivity contribution in [2.24, 2.45) is 0 Å². The van der Waals surface area contributed by atoms with Crippen molar-refractivity contribution < 1.29 is 20.7 Å². The Morgan fingerprint density at radius 1 is 1.09 bits per heavy atom. The number of halogens is 1. The van der Waals surface area contributed by atoms with Crippen LogP contribution in [0.15, 0.2) is 0 Å². The topological polar surface area (TPSA) is 68.3 Å². The van der Waals surface area contributed by atoms with Gasteiger partial charge in [0.25, 0.3) is 0 Å². The Kier molecular flexibility index (Phi) is 3.43. The zero-order chi connectivity index (χ0) is 9.12. The Morgan fingerprint density at radius 2 is 1.55 bits per heavy atom. The Hall–Kier alpha value is -0.170. The fourth-order valence-corrected chi connectivity index (χ4v) is 1.83. The van der Waals surface area contributed by atoms with Gasteiger partial charge in [0, 0.05) is 6.26 Å². The van der Waals surface area contributed by atoms with E-state index in [9.17, 15) is 20.7 Å². The van der Waals surface area contributed by atoms with Gasteiger partial charge in [0.2, 0.25) is 0 Å². The standard InChI is InChI=1S/C4H9FO4S2/c1-10(6,7)3-2-4-11(5,8)9/h2-4H2,1H3. The van der Waals surface area contributed by atoms with E-state index in [1.165, 1.54) is 0 Å². The summed E-state index contributed by atoms with van der Waals surface area (Å²) in [6.07, 6.45) is 0.787. The van der Waals surface area contributed by atoms with E-state index in [-0.39, 0.29) is 12.2 Å². The van der Waals surface area contributed by atoms with Crippen molar-refractivity contribution in [3.05, 3.63) is 0 Å². The van der Waals surface area contributed by atoms with Gasteiger partial charge in [-0.15, -0.1) is 3.89 Å². The van der Waals surface area contributed by atoms with Crippen molar-refractivity contribution in [3.63, 3.8) is 0 Å². The van der Waals surface area contributed by atoms with Gasteiger partial charge in [-0.2, -0.15) is 8.42 Å². The highest BCUT2D eigenvalue weighted by Crippen LogP contribution is 1.96. The molecule has 0 fully saturated rings. The van der Waals surface area contributed by atoms with Crippen molar-refractivity contribution in [2.45, 2.75) is 6.42 Å². The SMILES string of the molecule is CS(=O)(=O)CCCS(=O)(=O)F.